The zero-order valence-electron chi connectivity index (χ0n) is 23.8. The smallest absolute Gasteiger partial charge is 0.321 e. The van der Waals surface area contributed by atoms with E-state index in [0.29, 0.717) is 17.1 Å². The summed E-state index contributed by atoms with van der Waals surface area (Å²) in [5, 5.41) is 16.3. The number of likely N-dealkylation sites (N-methyl/N-ethyl adjacent to an activating group) is 1. The number of fused-ring (bicyclic) bond motifs is 1. The Bertz CT molecular complexity index is 1510. The molecule has 3 N–H and O–H groups in total. The first-order valence-electron chi connectivity index (χ1n) is 13.0. The number of aliphatic hydroxyl groups is 1. The molecule has 0 unspecified atom stereocenters. The average Bonchev–Trinajstić information content (AvgIpc) is 3.51. The van der Waals surface area contributed by atoms with Crippen molar-refractivity contribution in [3.63, 3.8) is 0 Å². The second-order valence-electron chi connectivity index (χ2n) is 10.3. The minimum Gasteiger partial charge on any atom is -0.485 e. The van der Waals surface area contributed by atoms with Gasteiger partial charge in [-0.25, -0.2) is 9.78 Å². The van der Waals surface area contributed by atoms with Gasteiger partial charge in [-0.2, -0.15) is 8.42 Å². The van der Waals surface area contributed by atoms with Gasteiger partial charge in [-0.15, -0.1) is 0 Å². The van der Waals surface area contributed by atoms with Gasteiger partial charge < -0.3 is 34.1 Å². The van der Waals surface area contributed by atoms with E-state index in [1.807, 2.05) is 6.92 Å². The number of carbonyl (C=O) groups excluding carboxylic acids is 2. The molecule has 14 nitrogen and oxygen atoms in total. The highest BCUT2D eigenvalue weighted by molar-refractivity contribution is 7.92. The van der Waals surface area contributed by atoms with Gasteiger partial charge in [0.1, 0.15) is 17.5 Å². The van der Waals surface area contributed by atoms with E-state index >= 15 is 0 Å². The minimum atomic E-state index is -4.12. The Morgan fingerprint density at radius 2 is 2.05 bits per heavy atom. The molecule has 41 heavy (non-hydrogen) atoms. The Hall–Kier alpha value is -4.11. The molecule has 1 aliphatic rings. The summed E-state index contributed by atoms with van der Waals surface area (Å²) in [5.41, 5.74) is 1.16. The van der Waals surface area contributed by atoms with Crippen molar-refractivity contribution in [2.24, 2.45) is 13.0 Å². The molecule has 222 valence electrons. The van der Waals surface area contributed by atoms with Crippen LogP contribution in [-0.4, -0.2) is 88.9 Å². The molecule has 3 amide bonds. The number of urea groups is 1. The van der Waals surface area contributed by atoms with E-state index in [4.69, 9.17) is 9.26 Å². The summed E-state index contributed by atoms with van der Waals surface area (Å²) in [4.78, 5) is 33.6. The molecular formula is C26H35N7O7S. The highest BCUT2D eigenvalue weighted by Gasteiger charge is 2.36. The molecule has 0 radical (unpaired) electrons. The van der Waals surface area contributed by atoms with Crippen molar-refractivity contribution in [1.82, 2.24) is 24.5 Å². The number of hydrogen-bond acceptors (Lipinski definition) is 9. The Labute approximate surface area is 238 Å². The summed E-state index contributed by atoms with van der Waals surface area (Å²) < 4.78 is 41.8. The number of para-hydroxylation sites is 1. The number of aliphatic hydroxyl groups excluding tert-OH is 1. The Kier molecular flexibility index (Phi) is 8.58. The number of anilines is 2. The van der Waals surface area contributed by atoms with Crippen LogP contribution < -0.4 is 14.8 Å². The van der Waals surface area contributed by atoms with Crippen molar-refractivity contribution < 1.29 is 32.4 Å². The fourth-order valence-electron chi connectivity index (χ4n) is 4.48. The van der Waals surface area contributed by atoms with Crippen molar-refractivity contribution in [2.45, 2.75) is 44.9 Å². The van der Waals surface area contributed by atoms with Gasteiger partial charge in [0.05, 0.1) is 36.8 Å². The summed E-state index contributed by atoms with van der Waals surface area (Å²) in [5.74, 6) is -0.264. The van der Waals surface area contributed by atoms with Crippen LogP contribution in [0.25, 0.3) is 0 Å². The highest BCUT2D eigenvalue weighted by atomic mass is 32.2. The standard InChI is InChI=1S/C26H35N7O7S/c1-15-10-33(16(2)13-34)25(35)19-8-7-9-20(30-41(37,38)22-12-31(5)14-27-22)24(19)39-21(15)11-32(6)26(36)28-23-17(3)29-40-18(23)4/h7-9,12,14-16,21,30,34H,10-11,13H2,1-6H3,(H,28,36)/t15-,16-,21-/m0/s1. The topological polar surface area (TPSA) is 172 Å². The second kappa shape index (κ2) is 11.8. The van der Waals surface area contributed by atoms with E-state index in [1.54, 1.807) is 40.9 Å². The van der Waals surface area contributed by atoms with Crippen molar-refractivity contribution in [1.29, 1.82) is 0 Å². The number of benzene rings is 1. The van der Waals surface area contributed by atoms with Gasteiger partial charge in [0.15, 0.2) is 16.5 Å². The number of aromatic nitrogens is 3. The number of imidazole rings is 1. The lowest BCUT2D eigenvalue weighted by Crippen LogP contribution is -2.50. The van der Waals surface area contributed by atoms with Crippen molar-refractivity contribution in [3.8, 4) is 5.75 Å². The van der Waals surface area contributed by atoms with Gasteiger partial charge in [-0.1, -0.05) is 18.1 Å². The number of sulfonamides is 1. The van der Waals surface area contributed by atoms with Gasteiger partial charge in [0, 0.05) is 32.8 Å². The van der Waals surface area contributed by atoms with Crippen LogP contribution in [0.2, 0.25) is 0 Å². The Morgan fingerprint density at radius 3 is 2.66 bits per heavy atom. The maximum atomic E-state index is 13.7. The highest BCUT2D eigenvalue weighted by Crippen LogP contribution is 2.36. The summed E-state index contributed by atoms with van der Waals surface area (Å²) in [6.07, 6.45) is 2.04. The van der Waals surface area contributed by atoms with E-state index in [-0.39, 0.29) is 47.6 Å². The monoisotopic (exact) mass is 589 g/mol. The van der Waals surface area contributed by atoms with Crippen LogP contribution >= 0.6 is 0 Å². The molecule has 0 bridgehead atoms. The van der Waals surface area contributed by atoms with Gasteiger partial charge in [0.25, 0.3) is 15.9 Å². The number of ether oxygens (including phenoxy) is 1. The van der Waals surface area contributed by atoms with Gasteiger partial charge in [-0.3, -0.25) is 9.52 Å². The Balaban J connectivity index is 1.69. The van der Waals surface area contributed by atoms with Gasteiger partial charge >= 0.3 is 6.03 Å². The van der Waals surface area contributed by atoms with Crippen molar-refractivity contribution in [2.75, 3.05) is 36.8 Å². The number of nitrogens with one attached hydrogen (secondary N) is 2. The second-order valence-corrected chi connectivity index (χ2v) is 11.9. The first-order chi connectivity index (χ1) is 19.3. The predicted octanol–water partition coefficient (Wildman–Crippen LogP) is 2.21. The van der Waals surface area contributed by atoms with E-state index in [2.05, 4.69) is 20.2 Å². The first-order valence-corrected chi connectivity index (χ1v) is 14.5. The molecular weight excluding hydrogens is 554 g/mol. The lowest BCUT2D eigenvalue weighted by molar-refractivity contribution is 0.0373. The number of carbonyl (C=O) groups is 2. The summed E-state index contributed by atoms with van der Waals surface area (Å²) in [7, 11) is -0.879. The minimum absolute atomic E-state index is 0.0169. The summed E-state index contributed by atoms with van der Waals surface area (Å²) >= 11 is 0. The Morgan fingerprint density at radius 1 is 1.32 bits per heavy atom. The van der Waals surface area contributed by atoms with Crippen molar-refractivity contribution >= 4 is 33.3 Å². The third-order valence-electron chi connectivity index (χ3n) is 6.96. The van der Waals surface area contributed by atoms with Crippen LogP contribution in [0.1, 0.15) is 35.7 Å². The fraction of sp³-hybridized carbons (Fsp3) is 0.462. The van der Waals surface area contributed by atoms with E-state index < -0.39 is 34.1 Å². The van der Waals surface area contributed by atoms with Crippen LogP contribution in [0.15, 0.2) is 40.3 Å². The molecule has 0 fully saturated rings. The average molecular weight is 590 g/mol. The number of amides is 3. The molecule has 1 aliphatic heterocycles. The molecule has 15 heteroatoms. The maximum Gasteiger partial charge on any atom is 0.321 e. The SMILES string of the molecule is Cc1noc(C)c1NC(=O)N(C)C[C@@H]1Oc2c(NS(=O)(=O)c3cn(C)cn3)cccc2C(=O)N([C@@H](C)CO)C[C@@H]1C. The number of hydrogen-bond donors (Lipinski definition) is 3. The maximum absolute atomic E-state index is 13.7. The van der Waals surface area contributed by atoms with Crippen LogP contribution in [0, 0.1) is 19.8 Å². The first kappa shape index (κ1) is 29.9. The third-order valence-corrected chi connectivity index (χ3v) is 8.21. The lowest BCUT2D eigenvalue weighted by Gasteiger charge is -2.38. The van der Waals surface area contributed by atoms with Crippen LogP contribution in [0.4, 0.5) is 16.2 Å². The van der Waals surface area contributed by atoms with E-state index in [0.717, 1.165) is 0 Å². The molecule has 2 aromatic heterocycles. The van der Waals surface area contributed by atoms with Gasteiger partial charge in [-0.05, 0) is 32.9 Å². The molecule has 0 spiro atoms. The zero-order chi connectivity index (χ0) is 30.1. The molecule has 3 aromatic rings. The largest absolute Gasteiger partial charge is 0.485 e. The molecule has 4 rings (SSSR count). The molecule has 3 atom stereocenters. The summed E-state index contributed by atoms with van der Waals surface area (Å²) in [6.45, 7) is 7.03. The summed E-state index contributed by atoms with van der Waals surface area (Å²) in [6, 6.07) is 3.61. The quantitative estimate of drug-likeness (QED) is 0.356. The van der Waals surface area contributed by atoms with Gasteiger partial charge in [0.2, 0.25) is 0 Å². The van der Waals surface area contributed by atoms with E-state index in [9.17, 15) is 23.1 Å². The van der Waals surface area contributed by atoms with Crippen molar-refractivity contribution in [3.05, 3.63) is 47.7 Å². The molecule has 1 aromatic carbocycles. The molecule has 0 aliphatic carbocycles. The fourth-order valence-corrected chi connectivity index (χ4v) is 5.53. The van der Waals surface area contributed by atoms with Crippen LogP contribution in [0.3, 0.4) is 0 Å². The van der Waals surface area contributed by atoms with E-state index in [1.165, 1.54) is 39.0 Å². The molecule has 0 saturated carbocycles. The number of rotatable bonds is 8. The third kappa shape index (κ3) is 6.30. The number of nitrogens with zero attached hydrogens (tertiary/aromatic N) is 5. The normalized spacial score (nSPS) is 18.1. The number of aryl methyl sites for hydroxylation is 3. The lowest BCUT2D eigenvalue weighted by atomic mass is 9.99. The predicted molar refractivity (Wildman–Crippen MR) is 149 cm³/mol. The van der Waals surface area contributed by atoms with Crippen LogP contribution in [0.5, 0.6) is 5.75 Å². The molecule has 3 heterocycles. The zero-order valence-corrected chi connectivity index (χ0v) is 24.6. The molecule has 0 saturated heterocycles. The van der Waals surface area contributed by atoms with Crippen LogP contribution in [-0.2, 0) is 17.1 Å².